The van der Waals surface area contributed by atoms with Crippen LogP contribution in [-0.2, 0) is 11.8 Å². The van der Waals surface area contributed by atoms with Crippen LogP contribution in [0.25, 0.3) is 0 Å². The van der Waals surface area contributed by atoms with Crippen molar-refractivity contribution >= 4 is 35.1 Å². The lowest BCUT2D eigenvalue weighted by atomic mass is 9.71. The minimum atomic E-state index is -0.505. The van der Waals surface area contributed by atoms with Crippen LogP contribution in [0.5, 0.6) is 0 Å². The van der Waals surface area contributed by atoms with Crippen LogP contribution < -0.4 is 10.2 Å². The number of amides is 1. The second kappa shape index (κ2) is 7.25. The number of carbonyl (C=O) groups excluding carboxylic acids is 1. The fraction of sp³-hybridized carbons (Fsp3) is 0.619. The summed E-state index contributed by atoms with van der Waals surface area (Å²) in [6, 6.07) is 0. The third-order valence-corrected chi connectivity index (χ3v) is 6.52. The van der Waals surface area contributed by atoms with Gasteiger partial charge in [-0.05, 0) is 20.8 Å². The Bertz CT molecular complexity index is 984. The van der Waals surface area contributed by atoms with Crippen LogP contribution in [0.2, 0.25) is 5.02 Å². The van der Waals surface area contributed by atoms with Gasteiger partial charge in [-0.3, -0.25) is 4.68 Å². The van der Waals surface area contributed by atoms with Gasteiger partial charge in [-0.25, -0.2) is 9.78 Å². The van der Waals surface area contributed by atoms with Crippen LogP contribution in [0.1, 0.15) is 34.6 Å². The average Bonchev–Trinajstić information content (AvgIpc) is 3.23. The molecule has 4 heterocycles. The maximum absolute atomic E-state index is 12.6. The van der Waals surface area contributed by atoms with Crippen LogP contribution in [0.15, 0.2) is 18.6 Å². The van der Waals surface area contributed by atoms with E-state index in [-0.39, 0.29) is 16.9 Å². The molecule has 2 aliphatic heterocycles. The minimum Gasteiger partial charge on any atom is -0.444 e. The Morgan fingerprint density at radius 2 is 1.81 bits per heavy atom. The van der Waals surface area contributed by atoms with E-state index in [1.54, 1.807) is 17.1 Å². The van der Waals surface area contributed by atoms with E-state index in [1.807, 2.05) is 38.9 Å². The molecular weight excluding hydrogens is 418 g/mol. The highest BCUT2D eigenvalue weighted by Crippen LogP contribution is 2.53. The number of aromatic nitrogens is 4. The van der Waals surface area contributed by atoms with Gasteiger partial charge < -0.3 is 19.9 Å². The number of hydrogen-bond acceptors (Lipinski definition) is 7. The predicted molar refractivity (Wildman–Crippen MR) is 120 cm³/mol. The Labute approximate surface area is 187 Å². The Morgan fingerprint density at radius 1 is 1.16 bits per heavy atom. The number of ether oxygens (including phenoxy) is 1. The summed E-state index contributed by atoms with van der Waals surface area (Å²) in [5, 5.41) is 7.83. The van der Waals surface area contributed by atoms with Gasteiger partial charge in [0.1, 0.15) is 10.6 Å². The van der Waals surface area contributed by atoms with E-state index in [4.69, 9.17) is 16.3 Å². The van der Waals surface area contributed by atoms with Crippen molar-refractivity contribution < 1.29 is 9.53 Å². The number of nitrogens with zero attached hydrogens (tertiary/aromatic N) is 6. The molecule has 2 fully saturated rings. The Morgan fingerprint density at radius 3 is 2.35 bits per heavy atom. The van der Waals surface area contributed by atoms with Gasteiger partial charge in [-0.2, -0.15) is 10.1 Å². The highest BCUT2D eigenvalue weighted by Gasteiger charge is 2.59. The summed E-state index contributed by atoms with van der Waals surface area (Å²) in [7, 11) is 1.85. The molecule has 0 spiro atoms. The van der Waals surface area contributed by atoms with E-state index in [0.717, 1.165) is 18.8 Å². The van der Waals surface area contributed by atoms with E-state index in [0.29, 0.717) is 29.9 Å². The summed E-state index contributed by atoms with van der Waals surface area (Å²) in [6.07, 6.45) is 4.93. The van der Waals surface area contributed by atoms with Crippen LogP contribution in [0.4, 0.5) is 22.2 Å². The molecule has 0 radical (unpaired) electrons. The number of fused-ring (bicyclic) bond motifs is 1. The number of hydrogen-bond donors (Lipinski definition) is 1. The molecule has 0 bridgehead atoms. The number of rotatable bonds is 3. The lowest BCUT2D eigenvalue weighted by molar-refractivity contribution is 0.0269. The summed E-state index contributed by atoms with van der Waals surface area (Å²) in [5.74, 6) is 1.17. The molecule has 2 saturated heterocycles. The Balaban J connectivity index is 1.51. The molecule has 2 aromatic rings. The van der Waals surface area contributed by atoms with Crippen molar-refractivity contribution in [2.24, 2.45) is 17.9 Å². The number of carbonyl (C=O) groups is 1. The second-order valence-electron chi connectivity index (χ2n) is 10.2. The van der Waals surface area contributed by atoms with Crippen molar-refractivity contribution in [1.82, 2.24) is 24.6 Å². The van der Waals surface area contributed by atoms with Crippen molar-refractivity contribution in [3.63, 3.8) is 0 Å². The molecule has 9 nitrogen and oxygen atoms in total. The number of aryl methyl sites for hydroxylation is 1. The Kier molecular flexibility index (Phi) is 5.07. The molecule has 0 aromatic carbocycles. The highest BCUT2D eigenvalue weighted by atomic mass is 35.5. The van der Waals surface area contributed by atoms with Crippen molar-refractivity contribution in [2.75, 3.05) is 36.4 Å². The van der Waals surface area contributed by atoms with Gasteiger partial charge in [-0.15, -0.1) is 0 Å². The average molecular weight is 448 g/mol. The monoisotopic (exact) mass is 447 g/mol. The summed E-state index contributed by atoms with van der Waals surface area (Å²) in [4.78, 5) is 25.7. The fourth-order valence-electron chi connectivity index (χ4n) is 4.52. The maximum Gasteiger partial charge on any atom is 0.410 e. The number of nitrogens with one attached hydrogen (secondary N) is 1. The van der Waals surface area contributed by atoms with E-state index < -0.39 is 5.60 Å². The molecule has 2 atom stereocenters. The topological polar surface area (TPSA) is 88.4 Å². The molecule has 0 unspecified atom stereocenters. The molecule has 168 valence electrons. The molecule has 0 aliphatic carbocycles. The van der Waals surface area contributed by atoms with E-state index in [2.05, 4.69) is 39.1 Å². The molecule has 10 heteroatoms. The first kappa shape index (κ1) is 21.7. The van der Waals surface area contributed by atoms with E-state index in [1.165, 1.54) is 0 Å². The molecule has 0 saturated carbocycles. The van der Waals surface area contributed by atoms with E-state index >= 15 is 0 Å². The van der Waals surface area contributed by atoms with Crippen LogP contribution in [0.3, 0.4) is 0 Å². The van der Waals surface area contributed by atoms with Crippen molar-refractivity contribution in [1.29, 1.82) is 0 Å². The molecule has 31 heavy (non-hydrogen) atoms. The zero-order valence-corrected chi connectivity index (χ0v) is 19.7. The molecule has 4 rings (SSSR count). The highest BCUT2D eigenvalue weighted by molar-refractivity contribution is 6.32. The van der Waals surface area contributed by atoms with Gasteiger partial charge in [0.2, 0.25) is 5.95 Å². The number of halogens is 1. The van der Waals surface area contributed by atoms with Gasteiger partial charge in [-0.1, -0.05) is 25.4 Å². The number of likely N-dealkylation sites (tertiary alicyclic amines) is 1. The van der Waals surface area contributed by atoms with Gasteiger partial charge in [0.05, 0.1) is 18.1 Å². The first-order chi connectivity index (χ1) is 14.4. The van der Waals surface area contributed by atoms with Gasteiger partial charge in [0, 0.05) is 50.3 Å². The third kappa shape index (κ3) is 4.15. The van der Waals surface area contributed by atoms with E-state index in [9.17, 15) is 4.79 Å². The van der Waals surface area contributed by atoms with Crippen LogP contribution >= 0.6 is 11.6 Å². The summed E-state index contributed by atoms with van der Waals surface area (Å²) in [5.41, 5.74) is 0.0972. The fourth-order valence-corrected chi connectivity index (χ4v) is 4.73. The van der Waals surface area contributed by atoms with Gasteiger partial charge in [0.25, 0.3) is 0 Å². The standard InChI is InChI=1S/C21H30ClN7O2/c1-19(2,3)31-18(30)29-12-20(4)10-28(11-21(20,5)13-29)16-15(22)8-23-17(26-16)25-14-7-24-27(6)9-14/h7-9H,10-13H2,1-6H3,(H,23,25,26)/t20-,21+. The minimum absolute atomic E-state index is 0.102. The Hall–Kier alpha value is -2.55. The quantitative estimate of drug-likeness (QED) is 0.767. The predicted octanol–water partition coefficient (Wildman–Crippen LogP) is 3.69. The van der Waals surface area contributed by atoms with Crippen LogP contribution in [-0.4, -0.2) is 62.5 Å². The largest absolute Gasteiger partial charge is 0.444 e. The lowest BCUT2D eigenvalue weighted by Gasteiger charge is -2.29. The SMILES string of the molecule is Cn1cc(Nc2ncc(Cl)c(N3C[C@]4(C)CN(C(=O)OC(C)(C)C)C[C@]4(C)C3)n2)cn1. The van der Waals surface area contributed by atoms with Crippen molar-refractivity contribution in [2.45, 2.75) is 40.2 Å². The normalized spacial score (nSPS) is 25.6. The molecule has 1 amide bonds. The molecule has 1 N–H and O–H groups in total. The maximum atomic E-state index is 12.6. The van der Waals surface area contributed by atoms with Crippen LogP contribution in [0, 0.1) is 10.8 Å². The number of anilines is 3. The summed E-state index contributed by atoms with van der Waals surface area (Å²) in [6.45, 7) is 12.9. The van der Waals surface area contributed by atoms with Crippen molar-refractivity contribution in [3.05, 3.63) is 23.6 Å². The zero-order chi connectivity index (χ0) is 22.6. The summed E-state index contributed by atoms with van der Waals surface area (Å²) < 4.78 is 7.31. The first-order valence-electron chi connectivity index (χ1n) is 10.4. The van der Waals surface area contributed by atoms with Crippen molar-refractivity contribution in [3.8, 4) is 0 Å². The van der Waals surface area contributed by atoms with Gasteiger partial charge >= 0.3 is 6.09 Å². The second-order valence-corrected chi connectivity index (χ2v) is 10.6. The molecule has 2 aliphatic rings. The molecular formula is C21H30ClN7O2. The lowest BCUT2D eigenvalue weighted by Crippen LogP contribution is -2.39. The smallest absolute Gasteiger partial charge is 0.410 e. The molecule has 2 aromatic heterocycles. The van der Waals surface area contributed by atoms with Gasteiger partial charge in [0.15, 0.2) is 5.82 Å². The third-order valence-electron chi connectivity index (χ3n) is 6.25. The zero-order valence-electron chi connectivity index (χ0n) is 18.9. The first-order valence-corrected chi connectivity index (χ1v) is 10.8. The summed E-state index contributed by atoms with van der Waals surface area (Å²) >= 11 is 6.49.